The largest absolute Gasteiger partial charge is 0.416 e. The van der Waals surface area contributed by atoms with Crippen molar-refractivity contribution in [1.82, 2.24) is 19.7 Å². The van der Waals surface area contributed by atoms with Crippen LogP contribution < -0.4 is 0 Å². The van der Waals surface area contributed by atoms with E-state index < -0.39 is 23.5 Å². The van der Waals surface area contributed by atoms with Crippen molar-refractivity contribution in [2.75, 3.05) is 39.3 Å². The molecule has 1 fully saturated rings. The molecule has 0 spiro atoms. The fraction of sp³-hybridized carbons (Fsp3) is 0.353. The number of piperazine rings is 1. The lowest BCUT2D eigenvalue weighted by Gasteiger charge is -2.40. The first kappa shape index (κ1) is 38.1. The lowest BCUT2D eigenvalue weighted by atomic mass is 9.93. The van der Waals surface area contributed by atoms with Crippen molar-refractivity contribution in [3.05, 3.63) is 112 Å². The number of amides is 1. The van der Waals surface area contributed by atoms with Gasteiger partial charge in [0.2, 0.25) is 0 Å². The number of nitrogens with zero attached hydrogens (tertiary/aromatic N) is 4. The first-order chi connectivity index (χ1) is 21.4. The average Bonchev–Trinajstić information content (AvgIpc) is 3.02. The van der Waals surface area contributed by atoms with Crippen molar-refractivity contribution in [3.8, 4) is 0 Å². The summed E-state index contributed by atoms with van der Waals surface area (Å²) in [5, 5.41) is 0.967. The number of carbonyl (C=O) groups is 1. The Morgan fingerprint density at radius 2 is 1.47 bits per heavy atom. The topological polar surface area (TPSA) is 39.7 Å². The number of carbonyl (C=O) groups excluding carboxylic acids is 1. The molecule has 2 heterocycles. The van der Waals surface area contributed by atoms with Gasteiger partial charge < -0.3 is 4.90 Å². The SMILES string of the molecule is CCN(CC)C(=O)c1ccc(C(c2cccc3cccnc23)N2CCN(Cc3ccc(C(F)(F)F)cc3C(F)(F)F)CC2)cc1.Cl.Cl. The van der Waals surface area contributed by atoms with Gasteiger partial charge in [0.15, 0.2) is 0 Å². The van der Waals surface area contributed by atoms with E-state index in [-0.39, 0.29) is 54.9 Å². The Morgan fingerprint density at radius 3 is 2.06 bits per heavy atom. The second-order valence-electron chi connectivity index (χ2n) is 11.1. The summed E-state index contributed by atoms with van der Waals surface area (Å²) >= 11 is 0. The van der Waals surface area contributed by atoms with E-state index in [0.717, 1.165) is 28.1 Å². The predicted molar refractivity (Wildman–Crippen MR) is 175 cm³/mol. The molecule has 1 atom stereocenters. The van der Waals surface area contributed by atoms with Gasteiger partial charge in [0.25, 0.3) is 5.91 Å². The first-order valence-corrected chi connectivity index (χ1v) is 14.9. The maximum absolute atomic E-state index is 13.8. The Bertz CT molecular complexity index is 1630. The molecule has 47 heavy (non-hydrogen) atoms. The molecular formula is C34H36Cl2F6N4O. The lowest BCUT2D eigenvalue weighted by molar-refractivity contribution is -0.143. The third-order valence-electron chi connectivity index (χ3n) is 8.39. The van der Waals surface area contributed by atoms with Gasteiger partial charge in [-0.1, -0.05) is 42.5 Å². The van der Waals surface area contributed by atoms with Crippen LogP contribution in [0.2, 0.25) is 0 Å². The zero-order chi connectivity index (χ0) is 32.4. The molecule has 0 aliphatic carbocycles. The Balaban J connectivity index is 0.00000300. The summed E-state index contributed by atoms with van der Waals surface area (Å²) in [5.74, 6) is -0.0509. The number of rotatable bonds is 8. The second-order valence-corrected chi connectivity index (χ2v) is 11.1. The highest BCUT2D eigenvalue weighted by molar-refractivity contribution is 5.94. The number of hydrogen-bond donors (Lipinski definition) is 0. The van der Waals surface area contributed by atoms with Crippen LogP contribution in [-0.2, 0) is 18.9 Å². The van der Waals surface area contributed by atoms with E-state index in [4.69, 9.17) is 0 Å². The Hall–Kier alpha value is -3.38. The molecule has 5 nitrogen and oxygen atoms in total. The van der Waals surface area contributed by atoms with Crippen LogP contribution in [0.3, 0.4) is 0 Å². The smallest absolute Gasteiger partial charge is 0.339 e. The number of fused-ring (bicyclic) bond motifs is 1. The normalized spacial score (nSPS) is 15.1. The lowest BCUT2D eigenvalue weighted by Crippen LogP contribution is -2.47. The van der Waals surface area contributed by atoms with Crippen LogP contribution in [0.25, 0.3) is 10.9 Å². The molecule has 13 heteroatoms. The average molecular weight is 702 g/mol. The third kappa shape index (κ3) is 8.56. The summed E-state index contributed by atoms with van der Waals surface area (Å²) in [4.78, 5) is 23.4. The van der Waals surface area contributed by atoms with Gasteiger partial charge in [0, 0.05) is 68.5 Å². The van der Waals surface area contributed by atoms with E-state index in [0.29, 0.717) is 50.9 Å². The van der Waals surface area contributed by atoms with Crippen molar-refractivity contribution >= 4 is 41.6 Å². The standard InChI is InChI=1S/C34H34F6N4O.2ClH/c1-3-43(4-2)32(45)25-12-10-24(11-13-25)31(28-9-5-7-23-8-6-16-41-30(23)28)44-19-17-42(18-20-44)22-26-14-15-27(33(35,36)37)21-29(26)34(38,39)40;;/h5-16,21,31H,3-4,17-20,22H2,1-2H3;2*1H. The number of pyridine rings is 1. The van der Waals surface area contributed by atoms with Gasteiger partial charge >= 0.3 is 12.4 Å². The highest BCUT2D eigenvalue weighted by Gasteiger charge is 2.38. The third-order valence-corrected chi connectivity index (χ3v) is 8.39. The van der Waals surface area contributed by atoms with E-state index in [1.807, 2.05) is 73.3 Å². The molecule has 1 saturated heterocycles. The van der Waals surface area contributed by atoms with Gasteiger partial charge in [-0.15, -0.1) is 24.8 Å². The minimum Gasteiger partial charge on any atom is -0.339 e. The molecular weight excluding hydrogens is 665 g/mol. The minimum absolute atomic E-state index is 0. The molecule has 0 N–H and O–H groups in total. The summed E-state index contributed by atoms with van der Waals surface area (Å²) in [7, 11) is 0. The zero-order valence-corrected chi connectivity index (χ0v) is 27.4. The van der Waals surface area contributed by atoms with Crippen molar-refractivity contribution in [1.29, 1.82) is 0 Å². The molecule has 4 aromatic rings. The van der Waals surface area contributed by atoms with Gasteiger partial charge in [0.05, 0.1) is 22.7 Å². The fourth-order valence-corrected chi connectivity index (χ4v) is 6.01. The number of halogens is 8. The van der Waals surface area contributed by atoms with E-state index in [1.165, 1.54) is 0 Å². The Kier molecular flexibility index (Phi) is 12.7. The summed E-state index contributed by atoms with van der Waals surface area (Å²) in [5.41, 5.74) is 0.548. The van der Waals surface area contributed by atoms with Crippen molar-refractivity contribution < 1.29 is 31.1 Å². The van der Waals surface area contributed by atoms with Crippen LogP contribution in [0, 0.1) is 0 Å². The minimum atomic E-state index is -4.91. The zero-order valence-electron chi connectivity index (χ0n) is 25.8. The monoisotopic (exact) mass is 700 g/mol. The molecule has 5 rings (SSSR count). The van der Waals surface area contributed by atoms with Crippen LogP contribution >= 0.6 is 24.8 Å². The van der Waals surface area contributed by atoms with Crippen molar-refractivity contribution in [2.24, 2.45) is 0 Å². The van der Waals surface area contributed by atoms with Crippen LogP contribution in [0.4, 0.5) is 26.3 Å². The molecule has 0 saturated carbocycles. The van der Waals surface area contributed by atoms with Gasteiger partial charge in [-0.05, 0) is 55.3 Å². The van der Waals surface area contributed by atoms with Crippen molar-refractivity contribution in [3.63, 3.8) is 0 Å². The Labute approximate surface area is 282 Å². The molecule has 1 unspecified atom stereocenters. The van der Waals surface area contributed by atoms with Gasteiger partial charge in [0.1, 0.15) is 0 Å². The number of hydrogen-bond acceptors (Lipinski definition) is 4. The quantitative estimate of drug-likeness (QED) is 0.173. The number of para-hydroxylation sites is 1. The highest BCUT2D eigenvalue weighted by atomic mass is 35.5. The second kappa shape index (κ2) is 15.7. The molecule has 0 bridgehead atoms. The summed E-state index contributed by atoms with van der Waals surface area (Å²) < 4.78 is 80.8. The fourth-order valence-electron chi connectivity index (χ4n) is 6.01. The van der Waals surface area contributed by atoms with Gasteiger partial charge in [-0.3, -0.25) is 19.6 Å². The van der Waals surface area contributed by atoms with Gasteiger partial charge in [-0.2, -0.15) is 26.3 Å². The van der Waals surface area contributed by atoms with E-state index in [1.54, 1.807) is 11.1 Å². The molecule has 0 radical (unpaired) electrons. The molecule has 254 valence electrons. The summed E-state index contributed by atoms with van der Waals surface area (Å²) in [6, 6.07) is 18.9. The van der Waals surface area contributed by atoms with E-state index in [2.05, 4.69) is 9.88 Å². The predicted octanol–water partition coefficient (Wildman–Crippen LogP) is 8.51. The van der Waals surface area contributed by atoms with Crippen LogP contribution in [-0.4, -0.2) is 64.9 Å². The number of aromatic nitrogens is 1. The highest BCUT2D eigenvalue weighted by Crippen LogP contribution is 2.38. The van der Waals surface area contributed by atoms with E-state index in [9.17, 15) is 31.1 Å². The summed E-state index contributed by atoms with van der Waals surface area (Å²) in [6.07, 6.45) is -8.05. The number of alkyl halides is 6. The summed E-state index contributed by atoms with van der Waals surface area (Å²) in [6.45, 7) is 6.75. The maximum atomic E-state index is 13.8. The number of benzene rings is 3. The molecule has 1 aromatic heterocycles. The van der Waals surface area contributed by atoms with E-state index >= 15 is 0 Å². The van der Waals surface area contributed by atoms with Crippen molar-refractivity contribution in [2.45, 2.75) is 38.8 Å². The maximum Gasteiger partial charge on any atom is 0.416 e. The molecule has 3 aromatic carbocycles. The van der Waals surface area contributed by atoms with Crippen LogP contribution in [0.5, 0.6) is 0 Å². The van der Waals surface area contributed by atoms with Gasteiger partial charge in [-0.25, -0.2) is 0 Å². The van der Waals surface area contributed by atoms with Crippen LogP contribution in [0.1, 0.15) is 58.1 Å². The first-order valence-electron chi connectivity index (χ1n) is 14.9. The van der Waals surface area contributed by atoms with Crippen LogP contribution in [0.15, 0.2) is 79.0 Å². The Morgan fingerprint density at radius 1 is 0.830 bits per heavy atom. The molecule has 1 amide bonds. The molecule has 1 aliphatic rings. The molecule has 1 aliphatic heterocycles.